The first-order chi connectivity index (χ1) is 13.1. The Bertz CT molecular complexity index is 575. The first-order valence-corrected chi connectivity index (χ1v) is 10.6. The first-order valence-electron chi connectivity index (χ1n) is 10.6. The van der Waals surface area contributed by atoms with E-state index in [1.807, 2.05) is 0 Å². The lowest BCUT2D eigenvalue weighted by Gasteiger charge is -2.56. The molecule has 4 saturated carbocycles. The molecule has 4 rings (SSSR count). The number of carbonyl (C=O) groups excluding carboxylic acids is 3. The lowest BCUT2D eigenvalue weighted by Crippen LogP contribution is -2.60. The van der Waals surface area contributed by atoms with E-state index >= 15 is 0 Å². The zero-order valence-corrected chi connectivity index (χ0v) is 17.3. The summed E-state index contributed by atoms with van der Waals surface area (Å²) in [4.78, 5) is 35.7. The highest BCUT2D eigenvalue weighted by molar-refractivity contribution is 5.81. The van der Waals surface area contributed by atoms with Crippen LogP contribution >= 0.6 is 0 Å². The molecule has 4 bridgehead atoms. The molecule has 158 valence electrons. The average molecular weight is 395 g/mol. The van der Waals surface area contributed by atoms with Gasteiger partial charge >= 0.3 is 12.1 Å². The predicted octanol–water partition coefficient (Wildman–Crippen LogP) is 2.92. The Hall–Kier alpha value is -1.79. The van der Waals surface area contributed by atoms with Gasteiger partial charge in [0.25, 0.3) is 5.91 Å². The normalized spacial score (nSPS) is 30.6. The molecule has 7 heteroatoms. The second-order valence-corrected chi connectivity index (χ2v) is 9.94. The third-order valence-electron chi connectivity index (χ3n) is 6.03. The fraction of sp³-hybridized carbons (Fsp3) is 0.857. The molecule has 2 N–H and O–H groups in total. The first kappa shape index (κ1) is 20.9. The van der Waals surface area contributed by atoms with Crippen LogP contribution in [0.1, 0.15) is 72.1 Å². The molecule has 28 heavy (non-hydrogen) atoms. The summed E-state index contributed by atoms with van der Waals surface area (Å²) >= 11 is 0. The van der Waals surface area contributed by atoms with Crippen molar-refractivity contribution < 1.29 is 23.9 Å². The number of carbonyl (C=O) groups is 3. The van der Waals surface area contributed by atoms with Gasteiger partial charge < -0.3 is 20.1 Å². The molecule has 0 heterocycles. The van der Waals surface area contributed by atoms with Crippen LogP contribution in [0.3, 0.4) is 0 Å². The minimum atomic E-state index is -0.549. The van der Waals surface area contributed by atoms with Crippen molar-refractivity contribution in [2.75, 3.05) is 13.2 Å². The molecule has 0 aromatic carbocycles. The van der Waals surface area contributed by atoms with Gasteiger partial charge in [-0.3, -0.25) is 9.59 Å². The fourth-order valence-corrected chi connectivity index (χ4v) is 5.55. The largest absolute Gasteiger partial charge is 0.456 e. The molecular formula is C21H34N2O5. The average Bonchev–Trinajstić information content (AvgIpc) is 2.53. The van der Waals surface area contributed by atoms with Crippen molar-refractivity contribution in [2.45, 2.75) is 83.3 Å². The highest BCUT2D eigenvalue weighted by Gasteiger charge is 2.51. The van der Waals surface area contributed by atoms with Gasteiger partial charge in [-0.25, -0.2) is 4.79 Å². The van der Waals surface area contributed by atoms with Gasteiger partial charge in [-0.1, -0.05) is 0 Å². The van der Waals surface area contributed by atoms with Crippen LogP contribution in [0.15, 0.2) is 0 Å². The summed E-state index contributed by atoms with van der Waals surface area (Å²) in [6.45, 7) is 5.47. The number of amides is 2. The van der Waals surface area contributed by atoms with Crippen molar-refractivity contribution in [3.05, 3.63) is 0 Å². The maximum atomic E-state index is 12.3. The Morgan fingerprint density at radius 3 is 2.11 bits per heavy atom. The van der Waals surface area contributed by atoms with Gasteiger partial charge in [-0.15, -0.1) is 0 Å². The molecule has 4 fully saturated rings. The van der Waals surface area contributed by atoms with Crippen LogP contribution in [0, 0.1) is 17.8 Å². The van der Waals surface area contributed by atoms with Crippen molar-refractivity contribution in [3.8, 4) is 0 Å². The van der Waals surface area contributed by atoms with Gasteiger partial charge in [0.15, 0.2) is 6.61 Å². The van der Waals surface area contributed by atoms with Crippen LogP contribution in [-0.4, -0.2) is 42.3 Å². The molecule has 0 aromatic heterocycles. The van der Waals surface area contributed by atoms with Crippen LogP contribution in [0.25, 0.3) is 0 Å². The topological polar surface area (TPSA) is 93.7 Å². The number of hydrogen-bond acceptors (Lipinski definition) is 5. The van der Waals surface area contributed by atoms with E-state index in [1.54, 1.807) is 20.8 Å². The Morgan fingerprint density at radius 2 is 1.57 bits per heavy atom. The van der Waals surface area contributed by atoms with E-state index in [0.717, 1.165) is 37.0 Å². The highest BCUT2D eigenvalue weighted by atomic mass is 16.6. The Labute approximate surface area is 167 Å². The molecule has 2 amide bonds. The van der Waals surface area contributed by atoms with Gasteiger partial charge in [0, 0.05) is 18.5 Å². The van der Waals surface area contributed by atoms with Gasteiger partial charge in [0.2, 0.25) is 0 Å². The lowest BCUT2D eigenvalue weighted by molar-refractivity contribution is -0.150. The van der Waals surface area contributed by atoms with E-state index < -0.39 is 17.7 Å². The van der Waals surface area contributed by atoms with Crippen LogP contribution in [-0.2, 0) is 19.1 Å². The number of rotatable bonds is 7. The van der Waals surface area contributed by atoms with E-state index in [2.05, 4.69) is 10.6 Å². The molecule has 0 spiro atoms. The Kier molecular flexibility index (Phi) is 6.20. The highest BCUT2D eigenvalue weighted by Crippen LogP contribution is 2.55. The van der Waals surface area contributed by atoms with Gasteiger partial charge in [-0.2, -0.15) is 0 Å². The van der Waals surface area contributed by atoms with Gasteiger partial charge in [-0.05, 0) is 83.5 Å². The summed E-state index contributed by atoms with van der Waals surface area (Å²) in [6, 6.07) is 0. The van der Waals surface area contributed by atoms with Crippen LogP contribution in [0.4, 0.5) is 4.79 Å². The summed E-state index contributed by atoms with van der Waals surface area (Å²) in [5, 5.41) is 5.79. The number of alkyl carbamates (subject to hydrolysis) is 1. The second kappa shape index (κ2) is 8.29. The van der Waals surface area contributed by atoms with E-state index in [9.17, 15) is 14.4 Å². The third-order valence-corrected chi connectivity index (χ3v) is 6.03. The zero-order valence-electron chi connectivity index (χ0n) is 17.3. The Balaban J connectivity index is 1.30. The minimum Gasteiger partial charge on any atom is -0.456 e. The monoisotopic (exact) mass is 394 g/mol. The predicted molar refractivity (Wildman–Crippen MR) is 103 cm³/mol. The van der Waals surface area contributed by atoms with Crippen molar-refractivity contribution in [1.29, 1.82) is 0 Å². The summed E-state index contributed by atoms with van der Waals surface area (Å²) in [5.41, 5.74) is -0.608. The van der Waals surface area contributed by atoms with E-state index in [0.29, 0.717) is 13.0 Å². The molecule has 0 aromatic rings. The molecule has 0 unspecified atom stereocenters. The fourth-order valence-electron chi connectivity index (χ4n) is 5.55. The van der Waals surface area contributed by atoms with E-state index in [4.69, 9.17) is 9.47 Å². The van der Waals surface area contributed by atoms with Crippen LogP contribution in [0.2, 0.25) is 0 Å². The minimum absolute atomic E-state index is 0.0599. The third kappa shape index (κ3) is 5.85. The van der Waals surface area contributed by atoms with Crippen molar-refractivity contribution in [2.24, 2.45) is 17.8 Å². The molecular weight excluding hydrogens is 360 g/mol. The lowest BCUT2D eigenvalue weighted by atomic mass is 9.53. The van der Waals surface area contributed by atoms with E-state index in [-0.39, 0.29) is 24.5 Å². The molecule has 4 aliphatic rings. The molecule has 4 aliphatic carbocycles. The maximum absolute atomic E-state index is 12.3. The smallest absolute Gasteiger partial charge is 0.407 e. The summed E-state index contributed by atoms with van der Waals surface area (Å²) in [6.07, 6.45) is 7.29. The number of nitrogens with one attached hydrogen (secondary N) is 2. The van der Waals surface area contributed by atoms with Gasteiger partial charge in [0.1, 0.15) is 5.60 Å². The molecule has 0 aliphatic heterocycles. The van der Waals surface area contributed by atoms with Crippen molar-refractivity contribution >= 4 is 18.0 Å². The second-order valence-electron chi connectivity index (χ2n) is 9.94. The van der Waals surface area contributed by atoms with Crippen LogP contribution in [0.5, 0.6) is 0 Å². The number of ether oxygens (including phenoxy) is 2. The number of hydrogen-bond donors (Lipinski definition) is 2. The van der Waals surface area contributed by atoms with Gasteiger partial charge in [0.05, 0.1) is 0 Å². The summed E-state index contributed by atoms with van der Waals surface area (Å²) < 4.78 is 10.2. The maximum Gasteiger partial charge on any atom is 0.407 e. The van der Waals surface area contributed by atoms with Crippen LogP contribution < -0.4 is 10.6 Å². The summed E-state index contributed by atoms with van der Waals surface area (Å²) in [7, 11) is 0. The molecule has 0 atom stereocenters. The standard InChI is InChI=1S/C21H34N2O5/c1-20(2,3)28-19(26)22-6-4-5-18(25)27-13-17(24)23-21-10-14-7-15(11-21)9-16(8-14)12-21/h14-16H,4-13H2,1-3H3,(H,22,26)(H,23,24). The molecule has 0 radical (unpaired) electrons. The van der Waals surface area contributed by atoms with Crippen molar-refractivity contribution in [3.63, 3.8) is 0 Å². The zero-order chi connectivity index (χ0) is 20.4. The van der Waals surface area contributed by atoms with Crippen molar-refractivity contribution in [1.82, 2.24) is 10.6 Å². The van der Waals surface area contributed by atoms with E-state index in [1.165, 1.54) is 19.3 Å². The molecule has 0 saturated heterocycles. The quantitative estimate of drug-likeness (QED) is 0.511. The SMILES string of the molecule is CC(C)(C)OC(=O)NCCCC(=O)OCC(=O)NC12CC3CC(CC(C3)C1)C2. The Morgan fingerprint density at radius 1 is 1.00 bits per heavy atom. The summed E-state index contributed by atoms with van der Waals surface area (Å²) in [5.74, 6) is 1.65. The molecule has 7 nitrogen and oxygen atoms in total. The number of esters is 1.